The Morgan fingerprint density at radius 3 is 2.62 bits per heavy atom. The number of hydrogen-bond donors (Lipinski definition) is 2. The van der Waals surface area contributed by atoms with E-state index in [9.17, 15) is 9.36 Å². The van der Waals surface area contributed by atoms with Crippen molar-refractivity contribution in [1.29, 1.82) is 0 Å². The fourth-order valence-electron chi connectivity index (χ4n) is 0.990. The highest BCUT2D eigenvalue weighted by atomic mass is 31.2. The van der Waals surface area contributed by atoms with Gasteiger partial charge in [-0.05, 0) is 11.5 Å². The molecule has 90 valence electrons. The van der Waals surface area contributed by atoms with Gasteiger partial charge in [0.15, 0.2) is 6.73 Å². The highest BCUT2D eigenvalue weighted by Crippen LogP contribution is 2.35. The standard InChI is InChI=1S/C8H13N2O5P/c1-6(2)7-3-8(11)10(9-4-7)5-15-16(12,13)14/h3-4,6H,5H2,1-2H3,(H2,12,13,14). The molecule has 16 heavy (non-hydrogen) atoms. The molecule has 0 aliphatic heterocycles. The van der Waals surface area contributed by atoms with Crippen LogP contribution in [0.4, 0.5) is 0 Å². The van der Waals surface area contributed by atoms with Crippen LogP contribution in [0.3, 0.4) is 0 Å². The maximum Gasteiger partial charge on any atom is 0.471 e. The van der Waals surface area contributed by atoms with Gasteiger partial charge in [0.1, 0.15) is 0 Å². The van der Waals surface area contributed by atoms with E-state index in [1.165, 1.54) is 12.3 Å². The fourth-order valence-corrected chi connectivity index (χ4v) is 1.25. The summed E-state index contributed by atoms with van der Waals surface area (Å²) in [6.45, 7) is 3.25. The van der Waals surface area contributed by atoms with Crippen molar-refractivity contribution < 1.29 is 18.9 Å². The maximum absolute atomic E-state index is 11.4. The van der Waals surface area contributed by atoms with Crippen LogP contribution in [0.5, 0.6) is 0 Å². The van der Waals surface area contributed by atoms with Crippen LogP contribution < -0.4 is 5.56 Å². The molecule has 1 aromatic rings. The van der Waals surface area contributed by atoms with E-state index in [0.29, 0.717) is 0 Å². The lowest BCUT2D eigenvalue weighted by Crippen LogP contribution is -2.23. The highest BCUT2D eigenvalue weighted by Gasteiger charge is 2.14. The first kappa shape index (κ1) is 13.1. The SMILES string of the molecule is CC(C)c1cnn(COP(=O)(O)O)c(=O)c1. The molecule has 0 amide bonds. The molecule has 8 heteroatoms. The minimum absolute atomic E-state index is 0.164. The van der Waals surface area contributed by atoms with Gasteiger partial charge in [-0.15, -0.1) is 0 Å². The molecule has 1 aromatic heterocycles. The molecular formula is C8H13N2O5P. The van der Waals surface area contributed by atoms with Crippen LogP contribution in [-0.4, -0.2) is 19.6 Å². The van der Waals surface area contributed by atoms with E-state index in [0.717, 1.165) is 10.2 Å². The Kier molecular flexibility index (Phi) is 3.98. The van der Waals surface area contributed by atoms with E-state index in [-0.39, 0.29) is 5.92 Å². The van der Waals surface area contributed by atoms with Crippen molar-refractivity contribution >= 4 is 7.82 Å². The topological polar surface area (TPSA) is 102 Å². The van der Waals surface area contributed by atoms with Crippen LogP contribution in [0.1, 0.15) is 25.3 Å². The number of aromatic nitrogens is 2. The molecule has 2 N–H and O–H groups in total. The minimum atomic E-state index is -4.58. The van der Waals surface area contributed by atoms with E-state index < -0.39 is 20.1 Å². The molecule has 0 spiro atoms. The molecular weight excluding hydrogens is 235 g/mol. The molecule has 1 rings (SSSR count). The predicted molar refractivity (Wildman–Crippen MR) is 55.7 cm³/mol. The van der Waals surface area contributed by atoms with Crippen molar-refractivity contribution in [2.75, 3.05) is 0 Å². The molecule has 1 heterocycles. The average molecular weight is 248 g/mol. The highest BCUT2D eigenvalue weighted by molar-refractivity contribution is 7.46. The Balaban J connectivity index is 2.84. The summed E-state index contributed by atoms with van der Waals surface area (Å²) < 4.78 is 15.4. The lowest BCUT2D eigenvalue weighted by molar-refractivity contribution is 0.142. The Morgan fingerprint density at radius 2 is 2.19 bits per heavy atom. The number of nitrogens with zero attached hydrogens (tertiary/aromatic N) is 2. The van der Waals surface area contributed by atoms with E-state index in [1.54, 1.807) is 0 Å². The summed E-state index contributed by atoms with van der Waals surface area (Å²) >= 11 is 0. The molecule has 0 atom stereocenters. The zero-order valence-electron chi connectivity index (χ0n) is 8.90. The van der Waals surface area contributed by atoms with Gasteiger partial charge in [0, 0.05) is 6.07 Å². The third-order valence-electron chi connectivity index (χ3n) is 1.91. The number of rotatable bonds is 4. The van der Waals surface area contributed by atoms with Crippen LogP contribution in [0.25, 0.3) is 0 Å². The van der Waals surface area contributed by atoms with Crippen molar-refractivity contribution in [2.24, 2.45) is 0 Å². The number of phosphoric acid groups is 1. The van der Waals surface area contributed by atoms with E-state index >= 15 is 0 Å². The summed E-state index contributed by atoms with van der Waals surface area (Å²) in [5.41, 5.74) is 0.303. The molecule has 0 saturated carbocycles. The summed E-state index contributed by atoms with van der Waals surface area (Å²) in [7, 11) is -4.58. The Morgan fingerprint density at radius 1 is 1.56 bits per heavy atom. The van der Waals surface area contributed by atoms with Gasteiger partial charge in [0.2, 0.25) is 0 Å². The van der Waals surface area contributed by atoms with Crippen molar-refractivity contribution in [3.8, 4) is 0 Å². The van der Waals surface area contributed by atoms with Gasteiger partial charge in [0.05, 0.1) is 6.20 Å². The molecule has 0 radical (unpaired) electrons. The van der Waals surface area contributed by atoms with Crippen molar-refractivity contribution in [3.63, 3.8) is 0 Å². The fraction of sp³-hybridized carbons (Fsp3) is 0.500. The second kappa shape index (κ2) is 4.88. The molecule has 0 aliphatic carbocycles. The molecule has 7 nitrogen and oxygen atoms in total. The summed E-state index contributed by atoms with van der Waals surface area (Å²) in [5.74, 6) is 0.164. The van der Waals surface area contributed by atoms with Crippen LogP contribution in [0.2, 0.25) is 0 Å². The summed E-state index contributed by atoms with van der Waals surface area (Å²) in [6, 6.07) is 1.36. The second-order valence-corrected chi connectivity index (χ2v) is 4.77. The van der Waals surface area contributed by atoms with Gasteiger partial charge in [-0.3, -0.25) is 9.32 Å². The maximum atomic E-state index is 11.4. The monoisotopic (exact) mass is 248 g/mol. The van der Waals surface area contributed by atoms with Crippen molar-refractivity contribution in [2.45, 2.75) is 26.5 Å². The van der Waals surface area contributed by atoms with E-state index in [4.69, 9.17) is 9.79 Å². The van der Waals surface area contributed by atoms with Gasteiger partial charge in [-0.25, -0.2) is 9.25 Å². The number of phosphoric ester groups is 1. The molecule has 0 bridgehead atoms. The lowest BCUT2D eigenvalue weighted by atomic mass is 10.1. The Bertz CT molecular complexity index is 464. The average Bonchev–Trinajstić information content (AvgIpc) is 2.14. The van der Waals surface area contributed by atoms with Gasteiger partial charge in [0.25, 0.3) is 5.56 Å². The quantitative estimate of drug-likeness (QED) is 0.749. The van der Waals surface area contributed by atoms with Crippen LogP contribution in [-0.2, 0) is 15.8 Å². The lowest BCUT2D eigenvalue weighted by Gasteiger charge is -2.08. The molecule has 0 aromatic carbocycles. The normalized spacial score (nSPS) is 12.1. The minimum Gasteiger partial charge on any atom is -0.303 e. The first-order valence-electron chi connectivity index (χ1n) is 4.57. The van der Waals surface area contributed by atoms with Crippen LogP contribution in [0, 0.1) is 0 Å². The summed E-state index contributed by atoms with van der Waals surface area (Å²) in [5, 5.41) is 3.74. The zero-order chi connectivity index (χ0) is 12.3. The van der Waals surface area contributed by atoms with E-state index in [2.05, 4.69) is 9.62 Å². The zero-order valence-corrected chi connectivity index (χ0v) is 9.79. The van der Waals surface area contributed by atoms with Crippen molar-refractivity contribution in [1.82, 2.24) is 9.78 Å². The van der Waals surface area contributed by atoms with Gasteiger partial charge < -0.3 is 9.79 Å². The third-order valence-corrected chi connectivity index (χ3v) is 2.36. The predicted octanol–water partition coefficient (Wildman–Crippen LogP) is 0.434. The number of hydrogen-bond acceptors (Lipinski definition) is 4. The smallest absolute Gasteiger partial charge is 0.303 e. The van der Waals surface area contributed by atoms with E-state index in [1.807, 2.05) is 13.8 Å². The third kappa shape index (κ3) is 3.86. The first-order chi connectivity index (χ1) is 7.29. The van der Waals surface area contributed by atoms with Crippen LogP contribution in [0.15, 0.2) is 17.1 Å². The molecule has 0 unspecified atom stereocenters. The van der Waals surface area contributed by atoms with Gasteiger partial charge in [-0.1, -0.05) is 13.8 Å². The van der Waals surface area contributed by atoms with Crippen LogP contribution >= 0.6 is 7.82 Å². The summed E-state index contributed by atoms with van der Waals surface area (Å²) in [6.07, 6.45) is 1.47. The van der Waals surface area contributed by atoms with Crippen molar-refractivity contribution in [3.05, 3.63) is 28.2 Å². The summed E-state index contributed by atoms with van der Waals surface area (Å²) in [4.78, 5) is 28.3. The Labute approximate surface area is 91.9 Å². The Hall–Kier alpha value is -1.01. The first-order valence-corrected chi connectivity index (χ1v) is 6.10. The largest absolute Gasteiger partial charge is 0.471 e. The van der Waals surface area contributed by atoms with Gasteiger partial charge in [-0.2, -0.15) is 5.10 Å². The molecule has 0 fully saturated rings. The van der Waals surface area contributed by atoms with Gasteiger partial charge >= 0.3 is 7.82 Å². The molecule has 0 saturated heterocycles. The second-order valence-electron chi connectivity index (χ2n) is 3.53. The molecule has 0 aliphatic rings.